The molecule has 0 saturated carbocycles. The largest absolute Gasteiger partial charge is 0.506 e. The number of rotatable bonds is 14. The lowest BCUT2D eigenvalue weighted by Gasteiger charge is -2.13. The van der Waals surface area contributed by atoms with E-state index < -0.39 is 36.2 Å². The molecule has 0 aliphatic carbocycles. The molecule has 21 nitrogen and oxygen atoms in total. The summed E-state index contributed by atoms with van der Waals surface area (Å²) in [6, 6.07) is 18.8. The second-order valence-corrected chi connectivity index (χ2v) is 14.7. The fraction of sp³-hybridized carbons (Fsp3) is 0.0690. The van der Waals surface area contributed by atoms with Gasteiger partial charge in [-0.15, -0.1) is 0 Å². The first-order chi connectivity index (χ1) is 24.9. The number of ether oxygens (including phenoxy) is 1. The number of hydrogen-bond donors (Lipinski definition) is 7. The highest BCUT2D eigenvalue weighted by Crippen LogP contribution is 2.34. The van der Waals surface area contributed by atoms with Crippen LogP contribution in [0.25, 0.3) is 0 Å². The van der Waals surface area contributed by atoms with E-state index in [2.05, 4.69) is 51.4 Å². The maximum Gasteiger partial charge on any atom is 0.294 e. The van der Waals surface area contributed by atoms with Crippen LogP contribution in [0.15, 0.2) is 115 Å². The van der Waals surface area contributed by atoms with Gasteiger partial charge in [0.15, 0.2) is 0 Å². The Morgan fingerprint density at radius 3 is 1.53 bits per heavy atom. The number of azo groups is 2. The van der Waals surface area contributed by atoms with E-state index in [4.69, 9.17) is 4.74 Å². The zero-order valence-electron chi connectivity index (χ0n) is 26.8. The Kier molecular flexibility index (Phi) is 11.2. The molecule has 0 bridgehead atoms. The first-order valence-corrected chi connectivity index (χ1v) is 18.9. The lowest BCUT2D eigenvalue weighted by molar-refractivity contribution is 0.417. The lowest BCUT2D eigenvalue weighted by Crippen LogP contribution is -2.16. The monoisotopic (exact) mass is 786 g/mol. The molecule has 0 aliphatic rings. The molecule has 0 radical (unpaired) electrons. The molecule has 1 heterocycles. The highest BCUT2D eigenvalue weighted by Gasteiger charge is 2.15. The number of aromatic hydroxyl groups is 1. The molecule has 0 unspecified atom stereocenters. The van der Waals surface area contributed by atoms with Crippen molar-refractivity contribution in [2.24, 2.45) is 20.5 Å². The molecule has 276 valence electrons. The van der Waals surface area contributed by atoms with Crippen molar-refractivity contribution in [1.29, 1.82) is 0 Å². The van der Waals surface area contributed by atoms with Gasteiger partial charge in [0.1, 0.15) is 17.4 Å². The highest BCUT2D eigenvalue weighted by molar-refractivity contribution is 7.86. The molecule has 5 rings (SSSR count). The Hall–Kier alpha value is -6.18. The Balaban J connectivity index is 1.38. The van der Waals surface area contributed by atoms with Gasteiger partial charge in [-0.3, -0.25) is 13.7 Å². The van der Waals surface area contributed by atoms with Gasteiger partial charge < -0.3 is 25.8 Å². The molecule has 0 spiro atoms. The summed E-state index contributed by atoms with van der Waals surface area (Å²) in [4.78, 5) is 11.7. The van der Waals surface area contributed by atoms with Gasteiger partial charge in [0, 0.05) is 12.1 Å². The van der Waals surface area contributed by atoms with E-state index in [-0.39, 0.29) is 73.3 Å². The molecular formula is C29H26N10O11S3. The third kappa shape index (κ3) is 10.9. The van der Waals surface area contributed by atoms with Crippen LogP contribution < -0.4 is 20.7 Å². The average molecular weight is 787 g/mol. The third-order valence-corrected chi connectivity index (χ3v) is 8.71. The van der Waals surface area contributed by atoms with Crippen LogP contribution in [0.4, 0.5) is 52.0 Å². The number of anilines is 5. The second-order valence-electron chi connectivity index (χ2n) is 10.4. The molecular weight excluding hydrogens is 761 g/mol. The van der Waals surface area contributed by atoms with Gasteiger partial charge in [0.25, 0.3) is 30.4 Å². The summed E-state index contributed by atoms with van der Waals surface area (Å²) in [6.07, 6.45) is 0. The van der Waals surface area contributed by atoms with Crippen LogP contribution in [0.5, 0.6) is 11.5 Å². The molecule has 1 aromatic heterocycles. The molecule has 7 N–H and O–H groups in total. The number of hydrogen-bond acceptors (Lipinski definition) is 18. The molecule has 0 aliphatic heterocycles. The van der Waals surface area contributed by atoms with Crippen LogP contribution in [-0.4, -0.2) is 72.0 Å². The van der Waals surface area contributed by atoms with Crippen LogP contribution in [0, 0.1) is 0 Å². The molecule has 0 atom stereocenters. The van der Waals surface area contributed by atoms with Gasteiger partial charge in [-0.05, 0) is 60.7 Å². The smallest absolute Gasteiger partial charge is 0.294 e. The topological polar surface area (TPSA) is 317 Å². The van der Waals surface area contributed by atoms with Crippen LogP contribution >= 0.6 is 0 Å². The van der Waals surface area contributed by atoms with Gasteiger partial charge in [0.05, 0.1) is 51.0 Å². The number of aromatic nitrogens is 3. The summed E-state index contributed by atoms with van der Waals surface area (Å²) in [5, 5.41) is 34.6. The summed E-state index contributed by atoms with van der Waals surface area (Å²) in [5.74, 6) is -1.77. The van der Waals surface area contributed by atoms with Crippen molar-refractivity contribution in [3.8, 4) is 11.5 Å². The number of benzene rings is 4. The number of methoxy groups -OCH3 is 1. The molecule has 0 fully saturated rings. The predicted octanol–water partition coefficient (Wildman–Crippen LogP) is 5.65. The summed E-state index contributed by atoms with van der Waals surface area (Å²) in [5.41, 5.74) is 1.04. The molecule has 4 aromatic carbocycles. The minimum atomic E-state index is -4.50. The Morgan fingerprint density at radius 2 is 1.06 bits per heavy atom. The standard InChI is InChI=1S/C29H26N10O11S3/c1-50-26-15-20(39-37-18-5-3-7-22(13-18)53(47,48)49)9-11-24(26)32-29-34-27(30-16-51(41,42)43)33-28(35-29)31-23-10-8-19(14-25(23)40)38-36-17-4-2-6-21(12-17)52(44,45)46/h2-15,40H,16H2,1H3,(H,41,42,43)(H,44,45,46)(H,47,48,49)(H3,30,31,32,33,34,35). The second kappa shape index (κ2) is 15.6. The maximum atomic E-state index is 11.4. The zero-order valence-corrected chi connectivity index (χ0v) is 29.2. The molecule has 5 aromatic rings. The van der Waals surface area contributed by atoms with Crippen molar-refractivity contribution >= 4 is 82.3 Å². The highest BCUT2D eigenvalue weighted by atomic mass is 32.2. The van der Waals surface area contributed by atoms with E-state index in [1.807, 2.05) is 0 Å². The molecule has 0 amide bonds. The van der Waals surface area contributed by atoms with Crippen LogP contribution in [0.2, 0.25) is 0 Å². The summed E-state index contributed by atoms with van der Waals surface area (Å²) in [7, 11) is -12.0. The Morgan fingerprint density at radius 1 is 0.604 bits per heavy atom. The minimum absolute atomic E-state index is 0.0598. The third-order valence-electron chi connectivity index (χ3n) is 6.50. The molecule has 24 heteroatoms. The van der Waals surface area contributed by atoms with Crippen molar-refractivity contribution in [3.63, 3.8) is 0 Å². The molecule has 0 saturated heterocycles. The normalized spacial score (nSPS) is 12.2. The van der Waals surface area contributed by atoms with Crippen LogP contribution in [0.1, 0.15) is 0 Å². The van der Waals surface area contributed by atoms with Crippen molar-refractivity contribution < 1.29 is 48.8 Å². The van der Waals surface area contributed by atoms with E-state index in [9.17, 15) is 44.0 Å². The number of phenols is 1. The van der Waals surface area contributed by atoms with Crippen LogP contribution in [-0.2, 0) is 30.4 Å². The van der Waals surface area contributed by atoms with Gasteiger partial charge in [0.2, 0.25) is 17.8 Å². The van der Waals surface area contributed by atoms with Crippen molar-refractivity contribution in [2.45, 2.75) is 9.79 Å². The van der Waals surface area contributed by atoms with Crippen molar-refractivity contribution in [3.05, 3.63) is 84.9 Å². The van der Waals surface area contributed by atoms with E-state index >= 15 is 0 Å². The predicted molar refractivity (Wildman–Crippen MR) is 188 cm³/mol. The van der Waals surface area contributed by atoms with Crippen molar-refractivity contribution in [2.75, 3.05) is 28.9 Å². The van der Waals surface area contributed by atoms with Crippen LogP contribution in [0.3, 0.4) is 0 Å². The fourth-order valence-corrected chi connectivity index (χ4v) is 5.49. The van der Waals surface area contributed by atoms with Crippen molar-refractivity contribution in [1.82, 2.24) is 15.0 Å². The van der Waals surface area contributed by atoms with E-state index in [0.29, 0.717) is 0 Å². The van der Waals surface area contributed by atoms with Gasteiger partial charge in [-0.25, -0.2) is 0 Å². The Bertz CT molecular complexity index is 2570. The average Bonchev–Trinajstić information content (AvgIpc) is 3.09. The lowest BCUT2D eigenvalue weighted by atomic mass is 10.2. The first kappa shape index (κ1) is 38.1. The quantitative estimate of drug-likeness (QED) is 0.0406. The van der Waals surface area contributed by atoms with E-state index in [1.54, 1.807) is 0 Å². The minimum Gasteiger partial charge on any atom is -0.506 e. The zero-order chi connectivity index (χ0) is 38.4. The van der Waals surface area contributed by atoms with Gasteiger partial charge in [-0.2, -0.15) is 60.7 Å². The van der Waals surface area contributed by atoms with E-state index in [1.165, 1.54) is 79.9 Å². The maximum absolute atomic E-state index is 11.4. The number of nitrogens with zero attached hydrogens (tertiary/aromatic N) is 7. The summed E-state index contributed by atoms with van der Waals surface area (Å²) in [6.45, 7) is 0. The number of phenolic OH excluding ortho intramolecular Hbond substituents is 1. The van der Waals surface area contributed by atoms with Gasteiger partial charge in [-0.1, -0.05) is 12.1 Å². The molecule has 53 heavy (non-hydrogen) atoms. The fourth-order valence-electron chi connectivity index (χ4n) is 4.14. The Labute approximate surface area is 300 Å². The summed E-state index contributed by atoms with van der Waals surface area (Å²) < 4.78 is 102. The summed E-state index contributed by atoms with van der Waals surface area (Å²) >= 11 is 0. The van der Waals surface area contributed by atoms with Gasteiger partial charge >= 0.3 is 0 Å². The van der Waals surface area contributed by atoms with E-state index in [0.717, 1.165) is 12.1 Å². The number of nitrogens with one attached hydrogen (secondary N) is 3. The SMILES string of the molecule is COc1cc(N=Nc2cccc(S(=O)(=O)O)c2)ccc1Nc1nc(NCS(=O)(=O)O)nc(Nc2ccc(N=Nc3cccc(S(=O)(=O)O)c3)cc2O)n1. The first-order valence-electron chi connectivity index (χ1n) is 14.4.